The van der Waals surface area contributed by atoms with Crippen LogP contribution in [0.25, 0.3) is 0 Å². The molecule has 3 heteroatoms. The van der Waals surface area contributed by atoms with Gasteiger partial charge in [-0.1, -0.05) is 48.9 Å². The number of hydrogen-bond acceptors (Lipinski definition) is 2. The molecule has 2 nitrogen and oxygen atoms in total. The molecule has 0 spiro atoms. The van der Waals surface area contributed by atoms with Gasteiger partial charge in [-0.2, -0.15) is 0 Å². The molecule has 2 bridgehead atoms. The van der Waals surface area contributed by atoms with Gasteiger partial charge in [0.25, 0.3) is 0 Å². The summed E-state index contributed by atoms with van der Waals surface area (Å²) in [5.74, 6) is 1.16. The SMILES string of the molecule is CCO[C@@]1(c2cccc(I)c2)[C@@H]2CCC[C@H]1CN(Cc1ccccc1)C2. The average Bonchev–Trinajstić information content (AvgIpc) is 2.63. The van der Waals surface area contributed by atoms with Crippen LogP contribution < -0.4 is 0 Å². The minimum atomic E-state index is -0.0959. The van der Waals surface area contributed by atoms with E-state index in [1.165, 1.54) is 34.0 Å². The molecule has 0 N–H and O–H groups in total. The summed E-state index contributed by atoms with van der Waals surface area (Å²) in [5, 5.41) is 0. The molecule has 138 valence electrons. The highest BCUT2D eigenvalue weighted by Gasteiger charge is 2.53. The van der Waals surface area contributed by atoms with Crippen molar-refractivity contribution in [2.24, 2.45) is 11.8 Å². The molecule has 0 unspecified atom stereocenters. The third-order valence-corrected chi connectivity index (χ3v) is 6.85. The van der Waals surface area contributed by atoms with Crippen LogP contribution in [0.2, 0.25) is 0 Å². The van der Waals surface area contributed by atoms with E-state index in [4.69, 9.17) is 4.74 Å². The number of likely N-dealkylation sites (tertiary alicyclic amines) is 1. The van der Waals surface area contributed by atoms with Crippen molar-refractivity contribution in [1.82, 2.24) is 4.90 Å². The Kier molecular flexibility index (Phi) is 5.67. The van der Waals surface area contributed by atoms with Crippen molar-refractivity contribution in [3.63, 3.8) is 0 Å². The first-order valence-electron chi connectivity index (χ1n) is 9.88. The van der Waals surface area contributed by atoms with Gasteiger partial charge in [-0.25, -0.2) is 0 Å². The molecular weight excluding hydrogens is 433 g/mol. The van der Waals surface area contributed by atoms with Crippen molar-refractivity contribution < 1.29 is 4.74 Å². The maximum Gasteiger partial charge on any atom is 0.101 e. The zero-order chi connectivity index (χ0) is 18.0. The van der Waals surface area contributed by atoms with Gasteiger partial charge in [0, 0.05) is 41.6 Å². The summed E-state index contributed by atoms with van der Waals surface area (Å²) < 4.78 is 7.96. The average molecular weight is 461 g/mol. The van der Waals surface area contributed by atoms with Crippen molar-refractivity contribution in [3.8, 4) is 0 Å². The lowest BCUT2D eigenvalue weighted by Crippen LogP contribution is -2.59. The van der Waals surface area contributed by atoms with E-state index in [1.807, 2.05) is 0 Å². The molecule has 1 saturated heterocycles. The molecule has 2 aromatic rings. The van der Waals surface area contributed by atoms with Gasteiger partial charge in [0.05, 0.1) is 0 Å². The molecule has 2 aliphatic rings. The largest absolute Gasteiger partial charge is 0.370 e. The lowest BCUT2D eigenvalue weighted by atomic mass is 9.62. The zero-order valence-electron chi connectivity index (χ0n) is 15.5. The lowest BCUT2D eigenvalue weighted by molar-refractivity contribution is -0.184. The first-order chi connectivity index (χ1) is 12.7. The maximum atomic E-state index is 6.65. The van der Waals surface area contributed by atoms with Gasteiger partial charge in [-0.3, -0.25) is 4.90 Å². The standard InChI is InChI=1S/C23H28INO/c1-2-26-23(19-10-7-13-22(24)14-19)20-11-6-12-21(23)17-25(16-20)15-18-8-4-3-5-9-18/h3-5,7-10,13-14,20-21H,2,6,11-12,15-17H2,1H3/t20-,21+,23+. The molecule has 26 heavy (non-hydrogen) atoms. The number of hydrogen-bond donors (Lipinski definition) is 0. The predicted octanol–water partition coefficient (Wildman–Crippen LogP) is 5.46. The normalized spacial score (nSPS) is 28.8. The van der Waals surface area contributed by atoms with Crippen LogP contribution in [0.3, 0.4) is 0 Å². The minimum Gasteiger partial charge on any atom is -0.370 e. The summed E-state index contributed by atoms with van der Waals surface area (Å²) in [5.41, 5.74) is 2.73. The van der Waals surface area contributed by atoms with E-state index in [1.54, 1.807) is 0 Å². The van der Waals surface area contributed by atoms with Gasteiger partial charge in [0.1, 0.15) is 5.60 Å². The first-order valence-corrected chi connectivity index (χ1v) is 11.0. The summed E-state index contributed by atoms with van der Waals surface area (Å²) in [6.07, 6.45) is 3.88. The summed E-state index contributed by atoms with van der Waals surface area (Å²) in [7, 11) is 0. The van der Waals surface area contributed by atoms with Crippen LogP contribution in [0.15, 0.2) is 54.6 Å². The Morgan fingerprint density at radius 3 is 2.42 bits per heavy atom. The third-order valence-electron chi connectivity index (χ3n) is 6.18. The van der Waals surface area contributed by atoms with Gasteiger partial charge in [0.15, 0.2) is 0 Å². The highest BCUT2D eigenvalue weighted by molar-refractivity contribution is 14.1. The smallest absolute Gasteiger partial charge is 0.101 e. The van der Waals surface area contributed by atoms with Gasteiger partial charge in [-0.15, -0.1) is 0 Å². The quantitative estimate of drug-likeness (QED) is 0.549. The van der Waals surface area contributed by atoms with E-state index in [2.05, 4.69) is 89.0 Å². The number of halogens is 1. The molecule has 1 aliphatic heterocycles. The van der Waals surface area contributed by atoms with Crippen LogP contribution in [0.4, 0.5) is 0 Å². The molecule has 1 heterocycles. The molecule has 0 amide bonds. The van der Waals surface area contributed by atoms with Gasteiger partial charge >= 0.3 is 0 Å². The van der Waals surface area contributed by atoms with Gasteiger partial charge in [0.2, 0.25) is 0 Å². The molecule has 4 rings (SSSR count). The Balaban J connectivity index is 1.64. The molecule has 1 saturated carbocycles. The molecule has 0 radical (unpaired) electrons. The summed E-state index contributed by atoms with van der Waals surface area (Å²) in [6.45, 7) is 6.27. The highest BCUT2D eigenvalue weighted by atomic mass is 127. The van der Waals surface area contributed by atoms with Crippen LogP contribution in [-0.4, -0.2) is 24.6 Å². The van der Waals surface area contributed by atoms with Crippen LogP contribution in [0, 0.1) is 15.4 Å². The van der Waals surface area contributed by atoms with E-state index in [-0.39, 0.29) is 5.60 Å². The van der Waals surface area contributed by atoms with Crippen molar-refractivity contribution in [1.29, 1.82) is 0 Å². The molecule has 1 aliphatic carbocycles. The van der Waals surface area contributed by atoms with Crippen LogP contribution in [0.1, 0.15) is 37.3 Å². The molecule has 0 aromatic heterocycles. The number of nitrogens with zero attached hydrogens (tertiary/aromatic N) is 1. The second-order valence-corrected chi connectivity index (χ2v) is 8.99. The maximum absolute atomic E-state index is 6.65. The number of benzene rings is 2. The molecular formula is C23H28INO. The zero-order valence-corrected chi connectivity index (χ0v) is 17.7. The Hall–Kier alpha value is -0.910. The first kappa shape index (κ1) is 18.5. The number of piperidine rings is 1. The van der Waals surface area contributed by atoms with Crippen LogP contribution in [-0.2, 0) is 16.9 Å². The van der Waals surface area contributed by atoms with E-state index in [0.717, 1.165) is 26.2 Å². The summed E-state index contributed by atoms with van der Waals surface area (Å²) >= 11 is 2.43. The van der Waals surface area contributed by atoms with E-state index in [0.29, 0.717) is 11.8 Å². The fraction of sp³-hybridized carbons (Fsp3) is 0.478. The van der Waals surface area contributed by atoms with Gasteiger partial charge < -0.3 is 4.74 Å². The van der Waals surface area contributed by atoms with E-state index >= 15 is 0 Å². The third kappa shape index (κ3) is 3.46. The van der Waals surface area contributed by atoms with Crippen molar-refractivity contribution in [2.75, 3.05) is 19.7 Å². The number of fused-ring (bicyclic) bond motifs is 2. The lowest BCUT2D eigenvalue weighted by Gasteiger charge is -2.56. The van der Waals surface area contributed by atoms with E-state index < -0.39 is 0 Å². The fourth-order valence-corrected chi connectivity index (χ4v) is 5.80. The number of ether oxygens (including phenoxy) is 1. The van der Waals surface area contributed by atoms with Crippen LogP contribution in [0.5, 0.6) is 0 Å². The van der Waals surface area contributed by atoms with Crippen molar-refractivity contribution >= 4 is 22.6 Å². The summed E-state index contributed by atoms with van der Waals surface area (Å²) in [4.78, 5) is 2.66. The van der Waals surface area contributed by atoms with E-state index in [9.17, 15) is 0 Å². The number of rotatable bonds is 5. The monoisotopic (exact) mass is 461 g/mol. The predicted molar refractivity (Wildman–Crippen MR) is 115 cm³/mol. The second kappa shape index (κ2) is 7.99. The highest BCUT2D eigenvalue weighted by Crippen LogP contribution is 2.52. The molecule has 2 aromatic carbocycles. The topological polar surface area (TPSA) is 12.5 Å². The van der Waals surface area contributed by atoms with Crippen molar-refractivity contribution in [3.05, 3.63) is 69.3 Å². The second-order valence-electron chi connectivity index (χ2n) is 7.74. The molecule has 3 atom stereocenters. The molecule has 2 fully saturated rings. The fourth-order valence-electron chi connectivity index (χ4n) is 5.26. The summed E-state index contributed by atoms with van der Waals surface area (Å²) in [6, 6.07) is 19.9. The Bertz CT molecular complexity index is 718. The Morgan fingerprint density at radius 2 is 1.77 bits per heavy atom. The minimum absolute atomic E-state index is 0.0959. The van der Waals surface area contributed by atoms with Crippen LogP contribution >= 0.6 is 22.6 Å². The van der Waals surface area contributed by atoms with Crippen molar-refractivity contribution in [2.45, 2.75) is 38.3 Å². The Morgan fingerprint density at radius 1 is 1.04 bits per heavy atom. The Labute approximate surface area is 171 Å². The van der Waals surface area contributed by atoms with Gasteiger partial charge in [-0.05, 0) is 65.6 Å².